The molecule has 0 saturated heterocycles. The van der Waals surface area contributed by atoms with Crippen LogP contribution in [0.25, 0.3) is 0 Å². The molecule has 0 aliphatic rings. The van der Waals surface area contributed by atoms with Gasteiger partial charge in [-0.25, -0.2) is 0 Å². The number of esters is 1. The molecule has 0 spiro atoms. The number of Topliss-reactive ketones (excluding diaryl/α,β-unsaturated/α-hetero) is 1. The van der Waals surface area contributed by atoms with Crippen molar-refractivity contribution in [1.82, 2.24) is 0 Å². The normalized spacial score (nSPS) is 11.6. The van der Waals surface area contributed by atoms with E-state index in [1.165, 1.54) is 13.8 Å². The van der Waals surface area contributed by atoms with Gasteiger partial charge in [-0.1, -0.05) is 12.1 Å². The van der Waals surface area contributed by atoms with Gasteiger partial charge >= 0.3 is 5.97 Å². The Hall–Kier alpha value is -2.47. The van der Waals surface area contributed by atoms with Crippen molar-refractivity contribution in [1.29, 1.82) is 0 Å². The monoisotopic (exact) mass is 345 g/mol. The first-order chi connectivity index (χ1) is 11.5. The Balaban J connectivity index is 1.84. The number of aryl methyl sites for hydroxylation is 1. The van der Waals surface area contributed by atoms with Crippen molar-refractivity contribution >= 4 is 34.7 Å². The first-order valence-electron chi connectivity index (χ1n) is 7.58. The summed E-state index contributed by atoms with van der Waals surface area (Å²) in [6.45, 7) is 2.98. The second kappa shape index (κ2) is 8.40. The number of hydrogen-bond acceptors (Lipinski definition) is 5. The summed E-state index contributed by atoms with van der Waals surface area (Å²) in [4.78, 5) is 35.2. The molecule has 0 saturated carbocycles. The maximum absolute atomic E-state index is 12.1. The van der Waals surface area contributed by atoms with Gasteiger partial charge in [-0.2, -0.15) is 11.3 Å². The molecule has 0 aliphatic carbocycles. The van der Waals surface area contributed by atoms with Crippen LogP contribution >= 0.6 is 11.3 Å². The topological polar surface area (TPSA) is 72.5 Å². The number of ketones is 1. The third-order valence-corrected chi connectivity index (χ3v) is 4.14. The average molecular weight is 345 g/mol. The lowest BCUT2D eigenvalue weighted by Crippen LogP contribution is -2.30. The number of carbonyl (C=O) groups is 3. The standard InChI is InChI=1S/C18H19NO4S/c1-12(20)15-4-3-5-16(10-15)19-18(22)13(2)23-17(21)7-6-14-8-9-24-11-14/h3-5,8-11,13H,6-7H2,1-2H3,(H,19,22). The highest BCUT2D eigenvalue weighted by molar-refractivity contribution is 7.07. The number of benzene rings is 1. The van der Waals surface area contributed by atoms with E-state index in [4.69, 9.17) is 4.74 Å². The maximum Gasteiger partial charge on any atom is 0.306 e. The molecular weight excluding hydrogens is 326 g/mol. The van der Waals surface area contributed by atoms with Gasteiger partial charge in [-0.05, 0) is 54.8 Å². The van der Waals surface area contributed by atoms with Crippen molar-refractivity contribution in [2.75, 3.05) is 5.32 Å². The highest BCUT2D eigenvalue weighted by Crippen LogP contribution is 2.13. The van der Waals surface area contributed by atoms with Gasteiger partial charge < -0.3 is 10.1 Å². The minimum Gasteiger partial charge on any atom is -0.453 e. The van der Waals surface area contributed by atoms with E-state index in [2.05, 4.69) is 5.32 Å². The van der Waals surface area contributed by atoms with E-state index in [-0.39, 0.29) is 12.2 Å². The van der Waals surface area contributed by atoms with Crippen LogP contribution in [0.1, 0.15) is 36.2 Å². The minimum absolute atomic E-state index is 0.0843. The zero-order chi connectivity index (χ0) is 17.5. The largest absolute Gasteiger partial charge is 0.453 e. The van der Waals surface area contributed by atoms with Gasteiger partial charge in [0.15, 0.2) is 11.9 Å². The summed E-state index contributed by atoms with van der Waals surface area (Å²) in [5.74, 6) is -0.931. The maximum atomic E-state index is 12.1. The molecule has 1 amide bonds. The zero-order valence-electron chi connectivity index (χ0n) is 13.6. The van der Waals surface area contributed by atoms with Crippen molar-refractivity contribution in [2.24, 2.45) is 0 Å². The molecule has 1 N–H and O–H groups in total. The fourth-order valence-electron chi connectivity index (χ4n) is 2.05. The van der Waals surface area contributed by atoms with E-state index in [0.717, 1.165) is 5.56 Å². The average Bonchev–Trinajstić information content (AvgIpc) is 3.06. The molecule has 0 radical (unpaired) electrons. The Bertz CT molecular complexity index is 724. The number of anilines is 1. The lowest BCUT2D eigenvalue weighted by molar-refractivity contribution is -0.153. The van der Waals surface area contributed by atoms with Crippen LogP contribution in [0, 0.1) is 0 Å². The Kier molecular flexibility index (Phi) is 6.26. The summed E-state index contributed by atoms with van der Waals surface area (Å²) in [7, 11) is 0. The number of rotatable bonds is 7. The van der Waals surface area contributed by atoms with Crippen LogP contribution in [0.2, 0.25) is 0 Å². The molecule has 2 aromatic rings. The molecule has 0 aliphatic heterocycles. The smallest absolute Gasteiger partial charge is 0.306 e. The summed E-state index contributed by atoms with van der Waals surface area (Å²) in [5, 5.41) is 6.57. The SMILES string of the molecule is CC(=O)c1cccc(NC(=O)C(C)OC(=O)CCc2ccsc2)c1. The Morgan fingerprint density at radius 1 is 1.25 bits per heavy atom. The molecule has 1 unspecified atom stereocenters. The third-order valence-electron chi connectivity index (χ3n) is 3.41. The van der Waals surface area contributed by atoms with E-state index in [1.807, 2.05) is 16.8 Å². The van der Waals surface area contributed by atoms with Gasteiger partial charge in [0.2, 0.25) is 0 Å². The van der Waals surface area contributed by atoms with Crippen LogP contribution in [0.4, 0.5) is 5.69 Å². The van der Waals surface area contributed by atoms with E-state index < -0.39 is 18.0 Å². The Labute approximate surface area is 144 Å². The van der Waals surface area contributed by atoms with Crippen LogP contribution in [-0.4, -0.2) is 23.8 Å². The van der Waals surface area contributed by atoms with Gasteiger partial charge in [0.25, 0.3) is 5.91 Å². The minimum atomic E-state index is -0.902. The van der Waals surface area contributed by atoms with Crippen LogP contribution in [0.15, 0.2) is 41.1 Å². The number of amides is 1. The van der Waals surface area contributed by atoms with Crippen molar-refractivity contribution in [3.8, 4) is 0 Å². The molecule has 126 valence electrons. The van der Waals surface area contributed by atoms with Gasteiger partial charge in [-0.15, -0.1) is 0 Å². The first kappa shape index (κ1) is 17.9. The number of hydrogen-bond donors (Lipinski definition) is 1. The van der Waals surface area contributed by atoms with Gasteiger partial charge in [0.1, 0.15) is 0 Å². The van der Waals surface area contributed by atoms with E-state index in [9.17, 15) is 14.4 Å². The fourth-order valence-corrected chi connectivity index (χ4v) is 2.75. The summed E-state index contributed by atoms with van der Waals surface area (Å²) >= 11 is 1.57. The van der Waals surface area contributed by atoms with Gasteiger partial charge in [-0.3, -0.25) is 14.4 Å². The molecule has 24 heavy (non-hydrogen) atoms. The number of carbonyl (C=O) groups excluding carboxylic acids is 3. The van der Waals surface area contributed by atoms with Crippen LogP contribution in [0.5, 0.6) is 0 Å². The van der Waals surface area contributed by atoms with Crippen molar-refractivity contribution < 1.29 is 19.1 Å². The molecule has 1 aromatic carbocycles. The molecule has 6 heteroatoms. The number of ether oxygens (including phenoxy) is 1. The number of thiophene rings is 1. The summed E-state index contributed by atoms with van der Waals surface area (Å²) in [6, 6.07) is 8.58. The van der Waals surface area contributed by atoms with Crippen LogP contribution in [-0.2, 0) is 20.7 Å². The highest BCUT2D eigenvalue weighted by atomic mass is 32.1. The zero-order valence-corrected chi connectivity index (χ0v) is 14.4. The quantitative estimate of drug-likeness (QED) is 0.616. The van der Waals surface area contributed by atoms with Crippen molar-refractivity contribution in [3.63, 3.8) is 0 Å². The molecule has 2 rings (SSSR count). The van der Waals surface area contributed by atoms with E-state index >= 15 is 0 Å². The summed E-state index contributed by atoms with van der Waals surface area (Å²) in [6.07, 6.45) is -0.0770. The molecular formula is C18H19NO4S. The molecule has 1 atom stereocenters. The molecule has 5 nitrogen and oxygen atoms in total. The molecule has 0 bridgehead atoms. The highest BCUT2D eigenvalue weighted by Gasteiger charge is 2.18. The Morgan fingerprint density at radius 2 is 2.04 bits per heavy atom. The predicted molar refractivity (Wildman–Crippen MR) is 93.3 cm³/mol. The van der Waals surface area contributed by atoms with Crippen molar-refractivity contribution in [2.45, 2.75) is 32.8 Å². The molecule has 0 fully saturated rings. The van der Waals surface area contributed by atoms with Gasteiger partial charge in [0, 0.05) is 17.7 Å². The summed E-state index contributed by atoms with van der Waals surface area (Å²) in [5.41, 5.74) is 2.08. The van der Waals surface area contributed by atoms with Gasteiger partial charge in [0.05, 0.1) is 0 Å². The lowest BCUT2D eigenvalue weighted by atomic mass is 10.1. The lowest BCUT2D eigenvalue weighted by Gasteiger charge is -2.13. The predicted octanol–water partition coefficient (Wildman–Crippen LogP) is 3.45. The first-order valence-corrected chi connectivity index (χ1v) is 8.52. The molecule has 1 heterocycles. The second-order valence-electron chi connectivity index (χ2n) is 5.39. The third kappa shape index (κ3) is 5.31. The van der Waals surface area contributed by atoms with Crippen molar-refractivity contribution in [3.05, 3.63) is 52.2 Å². The fraction of sp³-hybridized carbons (Fsp3) is 0.278. The van der Waals surface area contributed by atoms with Crippen LogP contribution in [0.3, 0.4) is 0 Å². The van der Waals surface area contributed by atoms with E-state index in [0.29, 0.717) is 17.7 Å². The number of nitrogens with one attached hydrogen (secondary N) is 1. The summed E-state index contributed by atoms with van der Waals surface area (Å²) < 4.78 is 5.15. The molecule has 1 aromatic heterocycles. The second-order valence-corrected chi connectivity index (χ2v) is 6.17. The van der Waals surface area contributed by atoms with E-state index in [1.54, 1.807) is 35.6 Å². The van der Waals surface area contributed by atoms with Crippen LogP contribution < -0.4 is 5.32 Å². The Morgan fingerprint density at radius 3 is 2.71 bits per heavy atom.